The number of non-ortho nitro benzene ring substituents is 1. The second-order valence-corrected chi connectivity index (χ2v) is 5.01. The van der Waals surface area contributed by atoms with Gasteiger partial charge in [0.25, 0.3) is 11.6 Å². The van der Waals surface area contributed by atoms with Crippen molar-refractivity contribution in [1.29, 1.82) is 0 Å². The Hall–Kier alpha value is -1.98. The fourth-order valence-corrected chi connectivity index (χ4v) is 1.86. The van der Waals surface area contributed by atoms with E-state index < -0.39 is 22.2 Å². The summed E-state index contributed by atoms with van der Waals surface area (Å²) in [4.78, 5) is 21.9. The molecule has 0 aliphatic heterocycles. The van der Waals surface area contributed by atoms with E-state index in [1.807, 2.05) is 20.8 Å². The van der Waals surface area contributed by atoms with Gasteiger partial charge in [0.15, 0.2) is 0 Å². The summed E-state index contributed by atoms with van der Waals surface area (Å²) in [5.74, 6) is -1.41. The third kappa shape index (κ3) is 4.01. The highest BCUT2D eigenvalue weighted by atomic mass is 19.1. The Labute approximate surface area is 111 Å². The zero-order valence-corrected chi connectivity index (χ0v) is 11.2. The second kappa shape index (κ2) is 5.77. The molecule has 1 aromatic carbocycles. The number of nitrogens with zero attached hydrogens (tertiary/aromatic N) is 1. The second-order valence-electron chi connectivity index (χ2n) is 5.01. The number of nitro groups is 1. The number of rotatable bonds is 5. The fourth-order valence-electron chi connectivity index (χ4n) is 1.86. The lowest BCUT2D eigenvalue weighted by molar-refractivity contribution is -0.384. The van der Waals surface area contributed by atoms with E-state index in [2.05, 4.69) is 5.32 Å². The van der Waals surface area contributed by atoms with Gasteiger partial charge in [-0.05, 0) is 26.3 Å². The summed E-state index contributed by atoms with van der Waals surface area (Å²) in [5, 5.41) is 13.3. The van der Waals surface area contributed by atoms with Crippen LogP contribution in [0, 0.1) is 15.9 Å². The van der Waals surface area contributed by atoms with Crippen LogP contribution in [0.1, 0.15) is 44.0 Å². The first-order valence-corrected chi connectivity index (χ1v) is 6.03. The molecular weight excluding hydrogens is 251 g/mol. The zero-order chi connectivity index (χ0) is 14.6. The molecule has 1 rings (SSSR count). The number of hydrogen-bond donors (Lipinski definition) is 1. The predicted molar refractivity (Wildman–Crippen MR) is 69.5 cm³/mol. The molecule has 0 heterocycles. The van der Waals surface area contributed by atoms with E-state index in [1.165, 1.54) is 0 Å². The van der Waals surface area contributed by atoms with E-state index in [4.69, 9.17) is 0 Å². The van der Waals surface area contributed by atoms with E-state index in [0.29, 0.717) is 0 Å². The third-order valence-corrected chi connectivity index (χ3v) is 2.73. The molecule has 1 aromatic rings. The molecule has 0 saturated carbocycles. The molecule has 0 fully saturated rings. The first-order chi connectivity index (χ1) is 8.76. The maximum Gasteiger partial charge on any atom is 0.270 e. The van der Waals surface area contributed by atoms with Gasteiger partial charge in [-0.15, -0.1) is 0 Å². The molecule has 0 aliphatic rings. The van der Waals surface area contributed by atoms with E-state index in [0.717, 1.165) is 31.0 Å². The Morgan fingerprint density at radius 2 is 2.11 bits per heavy atom. The van der Waals surface area contributed by atoms with Crippen molar-refractivity contribution >= 4 is 11.6 Å². The Morgan fingerprint density at radius 1 is 1.47 bits per heavy atom. The summed E-state index contributed by atoms with van der Waals surface area (Å²) in [5.41, 5.74) is -1.10. The lowest BCUT2D eigenvalue weighted by atomic mass is 9.98. The molecule has 1 amide bonds. The zero-order valence-electron chi connectivity index (χ0n) is 11.2. The molecule has 0 aliphatic carbocycles. The first-order valence-electron chi connectivity index (χ1n) is 6.03. The normalized spacial score (nSPS) is 11.2. The average molecular weight is 268 g/mol. The van der Waals surface area contributed by atoms with Crippen LogP contribution in [0.3, 0.4) is 0 Å². The molecular formula is C13H17FN2O3. The summed E-state index contributed by atoms with van der Waals surface area (Å²) in [6, 6.07) is 2.91. The van der Waals surface area contributed by atoms with Crippen LogP contribution < -0.4 is 5.32 Å². The molecule has 0 bridgehead atoms. The molecule has 6 heteroatoms. The van der Waals surface area contributed by atoms with Crippen molar-refractivity contribution in [3.05, 3.63) is 39.7 Å². The number of halogens is 1. The molecule has 19 heavy (non-hydrogen) atoms. The highest BCUT2D eigenvalue weighted by Crippen LogP contribution is 2.18. The van der Waals surface area contributed by atoms with E-state index in [9.17, 15) is 19.3 Å². The van der Waals surface area contributed by atoms with Gasteiger partial charge in [0.1, 0.15) is 5.82 Å². The fraction of sp³-hybridized carbons (Fsp3) is 0.462. The van der Waals surface area contributed by atoms with Crippen molar-refractivity contribution in [3.63, 3.8) is 0 Å². The van der Waals surface area contributed by atoms with Gasteiger partial charge in [-0.2, -0.15) is 0 Å². The number of nitrogens with one attached hydrogen (secondary N) is 1. The maximum absolute atomic E-state index is 13.6. The smallest absolute Gasteiger partial charge is 0.270 e. The Kier molecular flexibility index (Phi) is 4.58. The molecule has 104 valence electrons. The lowest BCUT2D eigenvalue weighted by Crippen LogP contribution is -2.43. The first kappa shape index (κ1) is 15.1. The van der Waals surface area contributed by atoms with Crippen LogP contribution >= 0.6 is 0 Å². The van der Waals surface area contributed by atoms with Crippen LogP contribution in [-0.2, 0) is 0 Å². The number of hydrogen-bond acceptors (Lipinski definition) is 3. The van der Waals surface area contributed by atoms with Gasteiger partial charge in [0, 0.05) is 17.7 Å². The average Bonchev–Trinajstić information content (AvgIpc) is 2.28. The number of carbonyl (C=O) groups is 1. The standard InChI is InChI=1S/C13H17FN2O3/c1-4-7-13(2,3)15-12(17)10-8-9(16(18)19)5-6-11(10)14/h5-6,8H,4,7H2,1-3H3,(H,15,17). The largest absolute Gasteiger partial charge is 0.347 e. The van der Waals surface area contributed by atoms with Gasteiger partial charge < -0.3 is 5.32 Å². The SMILES string of the molecule is CCCC(C)(C)NC(=O)c1cc([N+](=O)[O-])ccc1F. The minimum absolute atomic E-state index is 0.306. The molecule has 0 saturated heterocycles. The molecule has 0 aromatic heterocycles. The number of nitro benzene ring substituents is 1. The quantitative estimate of drug-likeness (QED) is 0.659. The Bertz CT molecular complexity index is 501. The van der Waals surface area contributed by atoms with Gasteiger partial charge in [-0.3, -0.25) is 14.9 Å². The summed E-state index contributed by atoms with van der Waals surface area (Å²) in [6.45, 7) is 5.62. The van der Waals surface area contributed by atoms with Gasteiger partial charge in [0.05, 0.1) is 10.5 Å². The van der Waals surface area contributed by atoms with E-state index in [1.54, 1.807) is 0 Å². The van der Waals surface area contributed by atoms with Gasteiger partial charge in [-0.25, -0.2) is 4.39 Å². The summed E-state index contributed by atoms with van der Waals surface area (Å²) < 4.78 is 13.6. The Morgan fingerprint density at radius 3 is 2.63 bits per heavy atom. The van der Waals surface area contributed by atoms with Crippen molar-refractivity contribution in [1.82, 2.24) is 5.32 Å². The predicted octanol–water partition coefficient (Wildman–Crippen LogP) is 3.04. The molecule has 0 radical (unpaired) electrons. The highest BCUT2D eigenvalue weighted by Gasteiger charge is 2.23. The van der Waals surface area contributed by atoms with Crippen molar-refractivity contribution in [2.24, 2.45) is 0 Å². The summed E-state index contributed by atoms with van der Waals surface area (Å²) in [7, 11) is 0. The van der Waals surface area contributed by atoms with Crippen LogP contribution in [0.4, 0.5) is 10.1 Å². The van der Waals surface area contributed by atoms with Crippen molar-refractivity contribution in [2.75, 3.05) is 0 Å². The molecule has 5 nitrogen and oxygen atoms in total. The van der Waals surface area contributed by atoms with Crippen LogP contribution in [-0.4, -0.2) is 16.4 Å². The molecule has 0 unspecified atom stereocenters. The lowest BCUT2D eigenvalue weighted by Gasteiger charge is -2.25. The van der Waals surface area contributed by atoms with Crippen molar-refractivity contribution in [2.45, 2.75) is 39.2 Å². The van der Waals surface area contributed by atoms with Crippen LogP contribution in [0.15, 0.2) is 18.2 Å². The molecule has 1 N–H and O–H groups in total. The van der Waals surface area contributed by atoms with E-state index >= 15 is 0 Å². The summed E-state index contributed by atoms with van der Waals surface area (Å²) in [6.07, 6.45) is 1.60. The van der Waals surface area contributed by atoms with Gasteiger partial charge >= 0.3 is 0 Å². The summed E-state index contributed by atoms with van der Waals surface area (Å²) >= 11 is 0. The van der Waals surface area contributed by atoms with Crippen molar-refractivity contribution in [3.8, 4) is 0 Å². The Balaban J connectivity index is 2.99. The van der Waals surface area contributed by atoms with E-state index in [-0.39, 0.29) is 11.3 Å². The van der Waals surface area contributed by atoms with Crippen LogP contribution in [0.5, 0.6) is 0 Å². The minimum atomic E-state index is -0.768. The van der Waals surface area contributed by atoms with Crippen molar-refractivity contribution < 1.29 is 14.1 Å². The number of carbonyl (C=O) groups excluding carboxylic acids is 1. The molecule has 0 spiro atoms. The molecule has 0 atom stereocenters. The third-order valence-electron chi connectivity index (χ3n) is 2.73. The number of benzene rings is 1. The van der Waals surface area contributed by atoms with Crippen LogP contribution in [0.25, 0.3) is 0 Å². The van der Waals surface area contributed by atoms with Crippen LogP contribution in [0.2, 0.25) is 0 Å². The number of amides is 1. The van der Waals surface area contributed by atoms with Gasteiger partial charge in [-0.1, -0.05) is 13.3 Å². The maximum atomic E-state index is 13.6. The van der Waals surface area contributed by atoms with Gasteiger partial charge in [0.2, 0.25) is 0 Å². The monoisotopic (exact) mass is 268 g/mol. The minimum Gasteiger partial charge on any atom is -0.347 e. The highest BCUT2D eigenvalue weighted by molar-refractivity contribution is 5.95. The topological polar surface area (TPSA) is 72.2 Å².